The molecular weight excluding hydrogens is 604 g/mol. The Labute approximate surface area is 247 Å². The summed E-state index contributed by atoms with van der Waals surface area (Å²) in [6.07, 6.45) is 1.72. The van der Waals surface area contributed by atoms with Crippen LogP contribution >= 0.6 is 27.3 Å². The Morgan fingerprint density at radius 1 is 1.10 bits per heavy atom. The van der Waals surface area contributed by atoms with Crippen molar-refractivity contribution in [2.75, 3.05) is 13.7 Å². The number of ether oxygens (including phenoxy) is 2. The highest BCUT2D eigenvalue weighted by molar-refractivity contribution is 9.10. The highest BCUT2D eigenvalue weighted by Gasteiger charge is 2.36. The van der Waals surface area contributed by atoms with Crippen LogP contribution < -0.4 is 19.6 Å². The van der Waals surface area contributed by atoms with E-state index in [4.69, 9.17) is 18.9 Å². The van der Waals surface area contributed by atoms with Crippen molar-refractivity contribution in [1.82, 2.24) is 4.57 Å². The summed E-state index contributed by atoms with van der Waals surface area (Å²) >= 11 is 4.70. The van der Waals surface area contributed by atoms with Gasteiger partial charge in [-0.2, -0.15) is 0 Å². The summed E-state index contributed by atoms with van der Waals surface area (Å²) in [6.45, 7) is 3.71. The molecule has 7 nitrogen and oxygen atoms in total. The second-order valence-electron chi connectivity index (χ2n) is 9.41. The minimum Gasteiger partial charge on any atom is -0.496 e. The first-order chi connectivity index (χ1) is 19.9. The number of rotatable bonds is 6. The molecule has 5 aromatic rings. The quantitative estimate of drug-likeness (QED) is 0.216. The van der Waals surface area contributed by atoms with E-state index in [0.717, 1.165) is 20.8 Å². The molecule has 9 heteroatoms. The number of benzene rings is 3. The maximum atomic E-state index is 14.1. The normalized spacial score (nSPS) is 15.1. The predicted octanol–water partition coefficient (Wildman–Crippen LogP) is 5.98. The second-order valence-corrected chi connectivity index (χ2v) is 11.3. The van der Waals surface area contributed by atoms with Gasteiger partial charge in [0.25, 0.3) is 5.56 Å². The van der Waals surface area contributed by atoms with Crippen LogP contribution in [-0.4, -0.2) is 24.3 Å². The van der Waals surface area contributed by atoms with E-state index >= 15 is 0 Å². The zero-order valence-electron chi connectivity index (χ0n) is 22.5. The van der Waals surface area contributed by atoms with Crippen LogP contribution in [0.1, 0.15) is 31.2 Å². The third-order valence-electron chi connectivity index (χ3n) is 6.97. The Morgan fingerprint density at radius 3 is 2.63 bits per heavy atom. The maximum absolute atomic E-state index is 14.1. The summed E-state index contributed by atoms with van der Waals surface area (Å²) in [4.78, 5) is 32.7. The number of furan rings is 1. The molecule has 0 fully saturated rings. The van der Waals surface area contributed by atoms with Gasteiger partial charge in [-0.15, -0.1) is 0 Å². The van der Waals surface area contributed by atoms with Gasteiger partial charge in [0.15, 0.2) is 4.80 Å². The monoisotopic (exact) mass is 628 g/mol. The summed E-state index contributed by atoms with van der Waals surface area (Å²) in [5.74, 6) is 1.27. The molecule has 0 amide bonds. The molecule has 3 aromatic carbocycles. The number of esters is 1. The number of halogens is 1. The Bertz CT molecular complexity index is 2020. The van der Waals surface area contributed by atoms with E-state index in [9.17, 15) is 9.59 Å². The summed E-state index contributed by atoms with van der Waals surface area (Å²) in [6, 6.07) is 22.4. The molecule has 0 unspecified atom stereocenters. The maximum Gasteiger partial charge on any atom is 0.338 e. The van der Waals surface area contributed by atoms with Gasteiger partial charge in [0, 0.05) is 21.7 Å². The summed E-state index contributed by atoms with van der Waals surface area (Å²) < 4.78 is 20.3. The van der Waals surface area contributed by atoms with E-state index < -0.39 is 12.0 Å². The summed E-state index contributed by atoms with van der Waals surface area (Å²) in [7, 11) is 1.58. The van der Waals surface area contributed by atoms with E-state index in [-0.39, 0.29) is 12.2 Å². The zero-order valence-corrected chi connectivity index (χ0v) is 24.9. The third-order valence-corrected chi connectivity index (χ3v) is 8.48. The smallest absolute Gasteiger partial charge is 0.338 e. The summed E-state index contributed by atoms with van der Waals surface area (Å²) in [5, 5.41) is 1.83. The molecule has 41 heavy (non-hydrogen) atoms. The Balaban J connectivity index is 1.57. The molecule has 6 rings (SSSR count). The summed E-state index contributed by atoms with van der Waals surface area (Å²) in [5.41, 5.74) is 2.13. The van der Waals surface area contributed by atoms with Gasteiger partial charge in [-0.3, -0.25) is 9.36 Å². The van der Waals surface area contributed by atoms with Gasteiger partial charge in [0.05, 0.1) is 29.5 Å². The van der Waals surface area contributed by atoms with Crippen molar-refractivity contribution in [3.8, 4) is 17.1 Å². The number of hydrogen-bond donors (Lipinski definition) is 0. The van der Waals surface area contributed by atoms with Gasteiger partial charge >= 0.3 is 5.97 Å². The fourth-order valence-electron chi connectivity index (χ4n) is 5.13. The topological polar surface area (TPSA) is 83.0 Å². The first kappa shape index (κ1) is 27.0. The van der Waals surface area contributed by atoms with Gasteiger partial charge in [-0.05, 0) is 55.0 Å². The Morgan fingerprint density at radius 2 is 1.88 bits per heavy atom. The van der Waals surface area contributed by atoms with Crippen molar-refractivity contribution in [1.29, 1.82) is 0 Å². The lowest BCUT2D eigenvalue weighted by molar-refractivity contribution is -0.139. The molecule has 0 saturated heterocycles. The van der Waals surface area contributed by atoms with Crippen LogP contribution in [-0.2, 0) is 9.53 Å². The molecule has 2 aromatic heterocycles. The van der Waals surface area contributed by atoms with Crippen molar-refractivity contribution < 1.29 is 18.7 Å². The van der Waals surface area contributed by atoms with Crippen LogP contribution in [0.15, 0.2) is 103 Å². The number of methoxy groups -OCH3 is 1. The molecule has 1 aliphatic heterocycles. The fraction of sp³-hybridized carbons (Fsp3) is 0.156. The second kappa shape index (κ2) is 11.0. The van der Waals surface area contributed by atoms with Crippen molar-refractivity contribution in [3.63, 3.8) is 0 Å². The number of thiazole rings is 1. The molecule has 0 N–H and O–H groups in total. The zero-order chi connectivity index (χ0) is 28.7. The average molecular weight is 630 g/mol. The Hall–Kier alpha value is -4.21. The number of carbonyl (C=O) groups excluding carboxylic acids is 1. The molecule has 206 valence electrons. The van der Waals surface area contributed by atoms with Crippen LogP contribution in [0.4, 0.5) is 0 Å². The highest BCUT2D eigenvalue weighted by atomic mass is 79.9. The van der Waals surface area contributed by atoms with E-state index in [1.54, 1.807) is 31.6 Å². The largest absolute Gasteiger partial charge is 0.496 e. The minimum absolute atomic E-state index is 0.193. The van der Waals surface area contributed by atoms with E-state index in [0.29, 0.717) is 43.4 Å². The SMILES string of the molecule is CCOC(=O)C1=C(C)N=c2s/c(=C\c3ccc(-c4ccc(Br)cc4)o3)c(=O)n2[C@@H]1c1c(OC)ccc2ccccc12. The lowest BCUT2D eigenvalue weighted by Gasteiger charge is -2.27. The number of carbonyl (C=O) groups is 1. The molecule has 0 radical (unpaired) electrons. The predicted molar refractivity (Wildman–Crippen MR) is 163 cm³/mol. The molecular formula is C32H25BrN2O5S. The lowest BCUT2D eigenvalue weighted by atomic mass is 9.90. The van der Waals surface area contributed by atoms with Crippen LogP contribution in [0.3, 0.4) is 0 Å². The number of aromatic nitrogens is 1. The molecule has 0 bridgehead atoms. The average Bonchev–Trinajstić information content (AvgIpc) is 3.56. The Kier molecular flexibility index (Phi) is 7.23. The van der Waals surface area contributed by atoms with Gasteiger partial charge in [0.2, 0.25) is 0 Å². The fourth-order valence-corrected chi connectivity index (χ4v) is 6.42. The van der Waals surface area contributed by atoms with Crippen molar-refractivity contribution in [2.45, 2.75) is 19.9 Å². The minimum atomic E-state index is -0.802. The molecule has 0 saturated carbocycles. The number of allylic oxidation sites excluding steroid dienone is 1. The molecule has 3 heterocycles. The number of nitrogens with zero attached hydrogens (tertiary/aromatic N) is 2. The molecule has 1 aliphatic rings. The van der Waals surface area contributed by atoms with E-state index in [1.165, 1.54) is 11.3 Å². The number of hydrogen-bond acceptors (Lipinski definition) is 7. The van der Waals surface area contributed by atoms with Crippen molar-refractivity contribution >= 4 is 50.1 Å². The van der Waals surface area contributed by atoms with Crippen molar-refractivity contribution in [2.24, 2.45) is 4.99 Å². The molecule has 1 atom stereocenters. The van der Waals surface area contributed by atoms with E-state index in [1.807, 2.05) is 72.8 Å². The van der Waals surface area contributed by atoms with Crippen molar-refractivity contribution in [3.05, 3.63) is 120 Å². The highest BCUT2D eigenvalue weighted by Crippen LogP contribution is 2.40. The van der Waals surface area contributed by atoms with Gasteiger partial charge in [-0.25, -0.2) is 9.79 Å². The van der Waals surface area contributed by atoms with Gasteiger partial charge < -0.3 is 13.9 Å². The van der Waals surface area contributed by atoms with Gasteiger partial charge in [-0.1, -0.05) is 69.7 Å². The van der Waals surface area contributed by atoms with Gasteiger partial charge in [0.1, 0.15) is 23.3 Å². The first-order valence-electron chi connectivity index (χ1n) is 13.0. The van der Waals surface area contributed by atoms with Crippen LogP contribution in [0.2, 0.25) is 0 Å². The number of fused-ring (bicyclic) bond motifs is 2. The van der Waals surface area contributed by atoms with E-state index in [2.05, 4.69) is 15.9 Å². The van der Waals surface area contributed by atoms with Crippen LogP contribution in [0.5, 0.6) is 5.75 Å². The standard InChI is InChI=1S/C32H25BrN2O5S/c1-4-39-31(37)27-18(2)34-32-35(29(27)28-23-8-6-5-7-19(23)11-15-25(28)38-3)30(36)26(41-32)17-22-14-16-24(40-22)20-9-12-21(33)13-10-20/h5-17,29H,4H2,1-3H3/b26-17-/t29-/m0/s1. The first-order valence-corrected chi connectivity index (χ1v) is 14.6. The van der Waals surface area contributed by atoms with Crippen LogP contribution in [0.25, 0.3) is 28.2 Å². The lowest BCUT2D eigenvalue weighted by Crippen LogP contribution is -2.40. The molecule has 0 spiro atoms. The molecule has 0 aliphatic carbocycles. The van der Waals surface area contributed by atoms with Crippen LogP contribution in [0, 0.1) is 0 Å². The third kappa shape index (κ3) is 4.85.